The van der Waals surface area contributed by atoms with Gasteiger partial charge in [0.25, 0.3) is 5.56 Å². The number of nitrogens with one attached hydrogen (secondary N) is 2. The lowest BCUT2D eigenvalue weighted by atomic mass is 10.2. The van der Waals surface area contributed by atoms with Crippen LogP contribution in [-0.4, -0.2) is 52.3 Å². The molecule has 1 aliphatic heterocycles. The zero-order valence-corrected chi connectivity index (χ0v) is 19.0. The number of amides is 1. The van der Waals surface area contributed by atoms with E-state index >= 15 is 0 Å². The number of sulfonamides is 1. The van der Waals surface area contributed by atoms with Crippen LogP contribution < -0.4 is 21.3 Å². The van der Waals surface area contributed by atoms with Crippen LogP contribution in [0.15, 0.2) is 45.1 Å². The first-order valence-corrected chi connectivity index (χ1v) is 11.8. The second kappa shape index (κ2) is 8.92. The van der Waals surface area contributed by atoms with Crippen molar-refractivity contribution in [3.63, 3.8) is 0 Å². The van der Waals surface area contributed by atoms with Crippen LogP contribution >= 0.6 is 0 Å². The molecule has 1 saturated heterocycles. The fraction of sp³-hybridized carbons (Fsp3) is 0.400. The average molecular weight is 477 g/mol. The van der Waals surface area contributed by atoms with E-state index in [2.05, 4.69) is 15.0 Å². The van der Waals surface area contributed by atoms with E-state index in [0.717, 1.165) is 17.4 Å². The van der Waals surface area contributed by atoms with Crippen LogP contribution in [0, 0.1) is 0 Å². The minimum absolute atomic E-state index is 0.0727. The molecule has 3 heterocycles. The number of anilines is 1. The molecule has 176 valence electrons. The van der Waals surface area contributed by atoms with Gasteiger partial charge in [0.1, 0.15) is 6.54 Å². The van der Waals surface area contributed by atoms with Gasteiger partial charge in [-0.05, 0) is 37.1 Å². The summed E-state index contributed by atoms with van der Waals surface area (Å²) in [5.74, 6) is -0.447. The third-order valence-electron chi connectivity index (χ3n) is 5.50. The monoisotopic (exact) mass is 476 g/mol. The Hall–Kier alpha value is -3.29. The number of imidazole rings is 1. The van der Waals surface area contributed by atoms with E-state index in [0.29, 0.717) is 12.3 Å². The van der Waals surface area contributed by atoms with Crippen molar-refractivity contribution in [2.24, 2.45) is 14.1 Å². The number of benzene rings is 1. The summed E-state index contributed by atoms with van der Waals surface area (Å²) in [5.41, 5.74) is -0.358. The van der Waals surface area contributed by atoms with Crippen molar-refractivity contribution in [2.75, 3.05) is 18.5 Å². The summed E-state index contributed by atoms with van der Waals surface area (Å²) in [6.07, 6.45) is 2.95. The van der Waals surface area contributed by atoms with Crippen molar-refractivity contribution < 1.29 is 17.9 Å². The quantitative estimate of drug-likeness (QED) is 0.469. The highest BCUT2D eigenvalue weighted by Gasteiger charge is 2.20. The van der Waals surface area contributed by atoms with Crippen LogP contribution in [0.3, 0.4) is 0 Å². The maximum absolute atomic E-state index is 12.5. The Kier molecular flexibility index (Phi) is 6.19. The van der Waals surface area contributed by atoms with Gasteiger partial charge >= 0.3 is 5.69 Å². The second-order valence-electron chi connectivity index (χ2n) is 7.81. The van der Waals surface area contributed by atoms with Gasteiger partial charge in [-0.2, -0.15) is 0 Å². The molecule has 12 nitrogen and oxygen atoms in total. The first kappa shape index (κ1) is 22.9. The van der Waals surface area contributed by atoms with Gasteiger partial charge in [0, 0.05) is 32.9 Å². The molecule has 3 aromatic rings. The van der Waals surface area contributed by atoms with E-state index in [9.17, 15) is 22.8 Å². The minimum Gasteiger partial charge on any atom is -0.377 e. The molecule has 1 aliphatic rings. The standard InChI is InChI=1S/C20H24N6O6S/c1-24-18-17(19(28)25(2)20(24)29)26(12-21-18)11-16(27)23-13-5-7-15(8-6-13)33(30,31)22-10-14-4-3-9-32-14/h5-8,12,14,22H,3-4,9-11H2,1-2H3,(H,23,27)/t14-/m0/s1. The number of hydrogen-bond donors (Lipinski definition) is 2. The van der Waals surface area contributed by atoms with Crippen LogP contribution in [0.1, 0.15) is 12.8 Å². The SMILES string of the molecule is Cn1c(=O)c2c(ncn2CC(=O)Nc2ccc(S(=O)(=O)NC[C@@H]3CCCO3)cc2)n(C)c1=O. The van der Waals surface area contributed by atoms with Gasteiger partial charge in [-0.15, -0.1) is 0 Å². The molecule has 13 heteroatoms. The maximum Gasteiger partial charge on any atom is 0.332 e. The highest BCUT2D eigenvalue weighted by molar-refractivity contribution is 7.89. The first-order chi connectivity index (χ1) is 15.7. The summed E-state index contributed by atoms with van der Waals surface area (Å²) >= 11 is 0. The summed E-state index contributed by atoms with van der Waals surface area (Å²) in [6.45, 7) is 0.639. The predicted octanol–water partition coefficient (Wildman–Crippen LogP) is -0.470. The van der Waals surface area contributed by atoms with Crippen LogP contribution in [0.25, 0.3) is 11.2 Å². The molecule has 33 heavy (non-hydrogen) atoms. The Bertz CT molecular complexity index is 1410. The Morgan fingerprint density at radius 1 is 1.18 bits per heavy atom. The van der Waals surface area contributed by atoms with Crippen molar-refractivity contribution in [1.82, 2.24) is 23.4 Å². The first-order valence-electron chi connectivity index (χ1n) is 10.3. The number of carbonyl (C=O) groups is 1. The molecule has 0 saturated carbocycles. The number of fused-ring (bicyclic) bond motifs is 1. The number of nitrogens with zero attached hydrogens (tertiary/aromatic N) is 4. The zero-order chi connectivity index (χ0) is 23.8. The van der Waals surface area contributed by atoms with Crippen molar-refractivity contribution in [3.05, 3.63) is 51.4 Å². The second-order valence-corrected chi connectivity index (χ2v) is 9.58. The van der Waals surface area contributed by atoms with Crippen molar-refractivity contribution in [1.29, 1.82) is 0 Å². The van der Waals surface area contributed by atoms with Crippen molar-refractivity contribution in [2.45, 2.75) is 30.4 Å². The van der Waals surface area contributed by atoms with Gasteiger partial charge in [0.15, 0.2) is 11.2 Å². The van der Waals surface area contributed by atoms with Gasteiger partial charge in [-0.1, -0.05) is 0 Å². The normalized spacial score (nSPS) is 16.4. The summed E-state index contributed by atoms with van der Waals surface area (Å²) < 4.78 is 36.4. The van der Waals surface area contributed by atoms with E-state index in [4.69, 9.17) is 4.74 Å². The molecule has 0 bridgehead atoms. The number of rotatable bonds is 7. The van der Waals surface area contributed by atoms with Crippen LogP contribution in [0.4, 0.5) is 5.69 Å². The molecule has 2 N–H and O–H groups in total. The fourth-order valence-corrected chi connectivity index (χ4v) is 4.75. The summed E-state index contributed by atoms with van der Waals surface area (Å²) in [6, 6.07) is 5.75. The number of carbonyl (C=O) groups excluding carboxylic acids is 1. The van der Waals surface area contributed by atoms with Crippen molar-refractivity contribution >= 4 is 32.8 Å². The van der Waals surface area contributed by atoms with Gasteiger partial charge in [-0.3, -0.25) is 18.7 Å². The smallest absolute Gasteiger partial charge is 0.332 e. The lowest BCUT2D eigenvalue weighted by Crippen LogP contribution is -2.37. The van der Waals surface area contributed by atoms with Gasteiger partial charge in [-0.25, -0.2) is 22.9 Å². The summed E-state index contributed by atoms with van der Waals surface area (Å²) in [5, 5.41) is 2.66. The number of hydrogen-bond acceptors (Lipinski definition) is 7. The minimum atomic E-state index is -3.69. The highest BCUT2D eigenvalue weighted by Crippen LogP contribution is 2.16. The summed E-state index contributed by atoms with van der Waals surface area (Å²) in [7, 11) is -0.848. The van der Waals surface area contributed by atoms with Gasteiger partial charge in [0.05, 0.1) is 17.3 Å². The number of ether oxygens (including phenoxy) is 1. The van der Waals surface area contributed by atoms with E-state index in [1.807, 2.05) is 0 Å². The van der Waals surface area contributed by atoms with Crippen LogP contribution in [-0.2, 0) is 40.2 Å². The Balaban J connectivity index is 1.44. The lowest BCUT2D eigenvalue weighted by Gasteiger charge is -2.12. The predicted molar refractivity (Wildman–Crippen MR) is 119 cm³/mol. The van der Waals surface area contributed by atoms with Gasteiger partial charge in [0.2, 0.25) is 15.9 Å². The van der Waals surface area contributed by atoms with Crippen molar-refractivity contribution in [3.8, 4) is 0 Å². The zero-order valence-electron chi connectivity index (χ0n) is 18.1. The van der Waals surface area contributed by atoms with E-state index in [1.54, 1.807) is 0 Å². The molecule has 0 unspecified atom stereocenters. The molecule has 1 amide bonds. The topological polar surface area (TPSA) is 146 Å². The van der Waals surface area contributed by atoms with Crippen LogP contribution in [0.2, 0.25) is 0 Å². The molecular weight excluding hydrogens is 452 g/mol. The average Bonchev–Trinajstić information content (AvgIpc) is 3.45. The molecule has 0 spiro atoms. The Morgan fingerprint density at radius 2 is 1.91 bits per heavy atom. The Morgan fingerprint density at radius 3 is 2.58 bits per heavy atom. The molecule has 1 fully saturated rings. The molecule has 1 aromatic carbocycles. The fourth-order valence-electron chi connectivity index (χ4n) is 3.68. The van der Waals surface area contributed by atoms with Crippen LogP contribution in [0.5, 0.6) is 0 Å². The highest BCUT2D eigenvalue weighted by atomic mass is 32.2. The van der Waals surface area contributed by atoms with Gasteiger partial charge < -0.3 is 14.6 Å². The number of aromatic nitrogens is 4. The van der Waals surface area contributed by atoms with E-state index < -0.39 is 27.2 Å². The van der Waals surface area contributed by atoms with E-state index in [1.165, 1.54) is 53.8 Å². The number of aryl methyl sites for hydroxylation is 1. The largest absolute Gasteiger partial charge is 0.377 e. The molecule has 2 aromatic heterocycles. The third kappa shape index (κ3) is 4.60. The molecule has 4 rings (SSSR count). The Labute approximate surface area is 188 Å². The summed E-state index contributed by atoms with van der Waals surface area (Å²) in [4.78, 5) is 41.2. The third-order valence-corrected chi connectivity index (χ3v) is 6.94. The maximum atomic E-state index is 12.5. The lowest BCUT2D eigenvalue weighted by molar-refractivity contribution is -0.116. The molecular formula is C20H24N6O6S. The van der Waals surface area contributed by atoms with E-state index in [-0.39, 0.29) is 35.3 Å². The molecule has 0 aliphatic carbocycles. The molecule has 1 atom stereocenters. The molecule has 0 radical (unpaired) electrons.